The van der Waals surface area contributed by atoms with Crippen LogP contribution in [0.3, 0.4) is 0 Å². The van der Waals surface area contributed by atoms with Crippen LogP contribution in [-0.4, -0.2) is 5.11 Å². The summed E-state index contributed by atoms with van der Waals surface area (Å²) >= 11 is 1.20. The largest absolute Gasteiger partial charge is 0.501 e. The molecule has 0 amide bonds. The number of nitrogens with one attached hydrogen (secondary N) is 1. The Morgan fingerprint density at radius 1 is 1.71 bits per heavy atom. The van der Waals surface area contributed by atoms with E-state index in [1.807, 2.05) is 0 Å². The predicted octanol–water partition coefficient (Wildman–Crippen LogP) is 1.15. The quantitative estimate of drug-likeness (QED) is 0.464. The van der Waals surface area contributed by atoms with Crippen LogP contribution in [0.2, 0.25) is 0 Å². The van der Waals surface area contributed by atoms with Gasteiger partial charge in [-0.05, 0) is 12.2 Å². The first-order valence-corrected chi connectivity index (χ1v) is 2.69. The highest BCUT2D eigenvalue weighted by atomic mass is 32.2. The summed E-state index contributed by atoms with van der Waals surface area (Å²) in [6, 6.07) is 0. The lowest BCUT2D eigenvalue weighted by molar-refractivity contribution is 0.455. The van der Waals surface area contributed by atoms with E-state index in [9.17, 15) is 0 Å². The third kappa shape index (κ3) is 1.16. The zero-order valence-corrected chi connectivity index (χ0v) is 4.40. The summed E-state index contributed by atoms with van der Waals surface area (Å²) in [4.78, 5) is 0. The van der Waals surface area contributed by atoms with Crippen LogP contribution in [0.15, 0.2) is 23.4 Å². The zero-order valence-electron chi connectivity index (χ0n) is 3.59. The van der Waals surface area contributed by atoms with Crippen LogP contribution in [-0.2, 0) is 0 Å². The van der Waals surface area contributed by atoms with Crippen LogP contribution >= 0.6 is 11.9 Å². The zero-order chi connectivity index (χ0) is 5.11. The fourth-order valence-corrected chi connectivity index (χ4v) is 0.712. The first kappa shape index (κ1) is 4.59. The second kappa shape index (κ2) is 1.93. The number of aliphatic hydroxyl groups is 1. The average molecular weight is 115 g/mol. The van der Waals surface area contributed by atoms with E-state index in [1.54, 1.807) is 18.4 Å². The maximum Gasteiger partial charge on any atom is 0.170 e. The van der Waals surface area contributed by atoms with E-state index in [2.05, 4.69) is 4.72 Å². The number of allylic oxidation sites excluding steroid dienone is 2. The highest BCUT2D eigenvalue weighted by Crippen LogP contribution is 2.09. The monoisotopic (exact) mass is 115 g/mol. The molecule has 0 saturated carbocycles. The summed E-state index contributed by atoms with van der Waals surface area (Å²) in [5, 5.41) is 8.93. The summed E-state index contributed by atoms with van der Waals surface area (Å²) in [6.45, 7) is 0. The van der Waals surface area contributed by atoms with Gasteiger partial charge in [0.05, 0.1) is 0 Å². The highest BCUT2D eigenvalue weighted by Gasteiger charge is 1.91. The minimum absolute atomic E-state index is 0.308. The second-order valence-corrected chi connectivity index (χ2v) is 1.94. The maximum atomic E-state index is 8.62. The van der Waals surface area contributed by atoms with Gasteiger partial charge in [0.15, 0.2) is 5.09 Å². The Hall–Kier alpha value is -0.570. The van der Waals surface area contributed by atoms with Crippen LogP contribution in [0, 0.1) is 0 Å². The summed E-state index contributed by atoms with van der Waals surface area (Å²) in [7, 11) is 0. The van der Waals surface area contributed by atoms with Crippen LogP contribution < -0.4 is 4.72 Å². The molecule has 7 heavy (non-hydrogen) atoms. The molecule has 0 aromatic rings. The van der Waals surface area contributed by atoms with Gasteiger partial charge < -0.3 is 9.83 Å². The SMILES string of the molecule is OC1=CC=CNS1. The average Bonchev–Trinajstić information content (AvgIpc) is 1.69. The fraction of sp³-hybridized carbons (Fsp3) is 0. The van der Waals surface area contributed by atoms with Gasteiger partial charge in [0.2, 0.25) is 0 Å². The molecule has 0 fully saturated rings. The first-order chi connectivity index (χ1) is 3.39. The van der Waals surface area contributed by atoms with E-state index in [1.165, 1.54) is 11.9 Å². The molecule has 0 radical (unpaired) electrons. The molecule has 2 nitrogen and oxygen atoms in total. The number of rotatable bonds is 0. The van der Waals surface area contributed by atoms with Crippen molar-refractivity contribution >= 4 is 11.9 Å². The lowest BCUT2D eigenvalue weighted by Gasteiger charge is -1.99. The van der Waals surface area contributed by atoms with Crippen molar-refractivity contribution in [2.45, 2.75) is 0 Å². The minimum Gasteiger partial charge on any atom is -0.501 e. The molecule has 0 unspecified atom stereocenters. The summed E-state index contributed by atoms with van der Waals surface area (Å²) < 4.78 is 2.75. The lowest BCUT2D eigenvalue weighted by Crippen LogP contribution is -1.94. The lowest BCUT2D eigenvalue weighted by atomic mass is 10.6. The van der Waals surface area contributed by atoms with Crippen molar-refractivity contribution in [1.29, 1.82) is 0 Å². The molecule has 2 N–H and O–H groups in total. The Balaban J connectivity index is 2.57. The van der Waals surface area contributed by atoms with Gasteiger partial charge in [-0.25, -0.2) is 0 Å². The second-order valence-electron chi connectivity index (χ2n) is 1.08. The number of hydrogen-bond acceptors (Lipinski definition) is 3. The number of aliphatic hydroxyl groups excluding tert-OH is 1. The van der Waals surface area contributed by atoms with Crippen molar-refractivity contribution in [2.24, 2.45) is 0 Å². The molecule has 1 aliphatic rings. The van der Waals surface area contributed by atoms with Gasteiger partial charge in [0.1, 0.15) is 0 Å². The molecule has 0 aromatic heterocycles. The Morgan fingerprint density at radius 3 is 2.86 bits per heavy atom. The van der Waals surface area contributed by atoms with Crippen molar-refractivity contribution < 1.29 is 5.11 Å². The van der Waals surface area contributed by atoms with E-state index in [-0.39, 0.29) is 0 Å². The van der Waals surface area contributed by atoms with Crippen molar-refractivity contribution in [3.05, 3.63) is 23.4 Å². The van der Waals surface area contributed by atoms with Gasteiger partial charge in [-0.1, -0.05) is 0 Å². The Kier molecular flexibility index (Phi) is 1.26. The van der Waals surface area contributed by atoms with E-state index in [4.69, 9.17) is 5.11 Å². The Bertz CT molecular complexity index is 119. The van der Waals surface area contributed by atoms with Gasteiger partial charge >= 0.3 is 0 Å². The number of hydrogen-bond donors (Lipinski definition) is 2. The van der Waals surface area contributed by atoms with E-state index in [0.29, 0.717) is 5.09 Å². The van der Waals surface area contributed by atoms with Crippen molar-refractivity contribution in [2.75, 3.05) is 0 Å². The molecule has 38 valence electrons. The molecular formula is C4H5NOS. The molecule has 0 saturated heterocycles. The smallest absolute Gasteiger partial charge is 0.170 e. The van der Waals surface area contributed by atoms with Crippen molar-refractivity contribution in [3.63, 3.8) is 0 Å². The third-order valence-electron chi connectivity index (χ3n) is 0.567. The van der Waals surface area contributed by atoms with E-state index >= 15 is 0 Å². The van der Waals surface area contributed by atoms with Gasteiger partial charge in [-0.15, -0.1) is 0 Å². The van der Waals surface area contributed by atoms with Gasteiger partial charge in [0, 0.05) is 18.1 Å². The van der Waals surface area contributed by atoms with Gasteiger partial charge in [-0.2, -0.15) is 0 Å². The predicted molar refractivity (Wildman–Crippen MR) is 30.6 cm³/mol. The standard InChI is InChI=1S/C4H5NOS/c6-4-2-1-3-5-7-4/h1-3,5-6H. The molecule has 0 bridgehead atoms. The van der Waals surface area contributed by atoms with Crippen molar-refractivity contribution in [3.8, 4) is 0 Å². The molecule has 3 heteroatoms. The summed E-state index contributed by atoms with van der Waals surface area (Å²) in [5.41, 5.74) is 0. The molecule has 0 aromatic carbocycles. The molecule has 1 heterocycles. The molecular weight excluding hydrogens is 110 g/mol. The molecule has 1 aliphatic heterocycles. The molecule has 0 spiro atoms. The Morgan fingerprint density at radius 2 is 2.57 bits per heavy atom. The minimum atomic E-state index is 0.308. The third-order valence-corrected chi connectivity index (χ3v) is 1.17. The molecule has 0 atom stereocenters. The van der Waals surface area contributed by atoms with Crippen LogP contribution in [0.4, 0.5) is 0 Å². The van der Waals surface area contributed by atoms with Crippen LogP contribution in [0.1, 0.15) is 0 Å². The summed E-state index contributed by atoms with van der Waals surface area (Å²) in [5.74, 6) is 0. The van der Waals surface area contributed by atoms with E-state index < -0.39 is 0 Å². The molecule has 1 rings (SSSR count). The van der Waals surface area contributed by atoms with Gasteiger partial charge in [0.25, 0.3) is 0 Å². The van der Waals surface area contributed by atoms with Crippen molar-refractivity contribution in [1.82, 2.24) is 4.72 Å². The Labute approximate surface area is 46.1 Å². The first-order valence-electron chi connectivity index (χ1n) is 1.88. The highest BCUT2D eigenvalue weighted by molar-refractivity contribution is 8.01. The summed E-state index contributed by atoms with van der Waals surface area (Å²) in [6.07, 6.45) is 5.12. The normalized spacial score (nSPS) is 18.0. The fourth-order valence-electron chi connectivity index (χ4n) is 0.298. The van der Waals surface area contributed by atoms with Crippen LogP contribution in [0.25, 0.3) is 0 Å². The molecule has 0 aliphatic carbocycles. The topological polar surface area (TPSA) is 32.3 Å². The van der Waals surface area contributed by atoms with Gasteiger partial charge in [-0.3, -0.25) is 0 Å². The maximum absolute atomic E-state index is 8.62. The van der Waals surface area contributed by atoms with E-state index in [0.717, 1.165) is 0 Å². The van der Waals surface area contributed by atoms with Crippen LogP contribution in [0.5, 0.6) is 0 Å².